The molecule has 4 nitrogen and oxygen atoms in total. The van der Waals surface area contributed by atoms with Gasteiger partial charge in [0.25, 0.3) is 0 Å². The first kappa shape index (κ1) is 14.5. The molecule has 0 unspecified atom stereocenters. The Labute approximate surface area is 126 Å². The fourth-order valence-corrected chi connectivity index (χ4v) is 3.21. The molecular weight excluding hydrogens is 303 g/mol. The maximum absolute atomic E-state index is 6.15. The zero-order chi connectivity index (χ0) is 14.0. The summed E-state index contributed by atoms with van der Waals surface area (Å²) in [6.07, 6.45) is 0. The number of hydrogen-bond acceptors (Lipinski definition) is 4. The van der Waals surface area contributed by atoms with E-state index >= 15 is 0 Å². The lowest BCUT2D eigenvalue weighted by Gasteiger charge is -2.11. The maximum Gasteiger partial charge on any atom is 0.222 e. The summed E-state index contributed by atoms with van der Waals surface area (Å²) >= 11 is 13.7. The Morgan fingerprint density at radius 2 is 2.05 bits per heavy atom. The predicted molar refractivity (Wildman–Crippen MR) is 80.8 cm³/mol. The lowest BCUT2D eigenvalue weighted by molar-refractivity contribution is 0.557. The second-order valence-corrected chi connectivity index (χ2v) is 6.03. The van der Waals surface area contributed by atoms with Crippen molar-refractivity contribution < 1.29 is 0 Å². The summed E-state index contributed by atoms with van der Waals surface area (Å²) in [7, 11) is 0. The fourth-order valence-electron chi connectivity index (χ4n) is 1.67. The highest BCUT2D eigenvalue weighted by Gasteiger charge is 2.14. The standard InChI is InChI=1S/C12H14Cl2N4S/c1-7(2)18-11(15)16-17-12(18)19-6-8-4-3-5-9(13)10(8)14/h3-5,7H,6H2,1-2H3,(H2,15,16). The Bertz CT molecular complexity index is 583. The van der Waals surface area contributed by atoms with Crippen molar-refractivity contribution >= 4 is 40.9 Å². The molecule has 0 saturated heterocycles. The Hall–Kier alpha value is -0.910. The van der Waals surface area contributed by atoms with Crippen LogP contribution in [-0.4, -0.2) is 14.8 Å². The van der Waals surface area contributed by atoms with Gasteiger partial charge in [-0.05, 0) is 25.5 Å². The van der Waals surface area contributed by atoms with E-state index in [1.807, 2.05) is 30.5 Å². The molecule has 1 aromatic carbocycles. The largest absolute Gasteiger partial charge is 0.368 e. The molecule has 0 aliphatic heterocycles. The molecule has 0 aliphatic rings. The van der Waals surface area contributed by atoms with Gasteiger partial charge < -0.3 is 5.73 Å². The molecule has 0 radical (unpaired) electrons. The molecule has 0 bridgehead atoms. The first-order valence-electron chi connectivity index (χ1n) is 5.76. The van der Waals surface area contributed by atoms with E-state index < -0.39 is 0 Å². The first-order valence-corrected chi connectivity index (χ1v) is 7.51. The Morgan fingerprint density at radius 3 is 2.74 bits per heavy atom. The molecule has 0 atom stereocenters. The van der Waals surface area contributed by atoms with E-state index in [9.17, 15) is 0 Å². The van der Waals surface area contributed by atoms with Crippen molar-refractivity contribution in [1.29, 1.82) is 0 Å². The van der Waals surface area contributed by atoms with Crippen LogP contribution in [0.2, 0.25) is 10.0 Å². The second kappa shape index (κ2) is 6.03. The number of benzene rings is 1. The number of anilines is 1. The average molecular weight is 317 g/mol. The molecule has 0 spiro atoms. The molecular formula is C12H14Cl2N4S. The number of hydrogen-bond donors (Lipinski definition) is 1. The number of halogens is 2. The topological polar surface area (TPSA) is 56.7 Å². The molecule has 19 heavy (non-hydrogen) atoms. The third-order valence-corrected chi connectivity index (χ3v) is 4.45. The molecule has 2 N–H and O–H groups in total. The van der Waals surface area contributed by atoms with Crippen LogP contribution >= 0.6 is 35.0 Å². The van der Waals surface area contributed by atoms with E-state index in [0.717, 1.165) is 10.7 Å². The number of aromatic nitrogens is 3. The van der Waals surface area contributed by atoms with Gasteiger partial charge in [0.2, 0.25) is 5.95 Å². The smallest absolute Gasteiger partial charge is 0.222 e. The quantitative estimate of drug-likeness (QED) is 0.865. The highest BCUT2D eigenvalue weighted by Crippen LogP contribution is 2.31. The minimum atomic E-state index is 0.215. The lowest BCUT2D eigenvalue weighted by atomic mass is 10.2. The van der Waals surface area contributed by atoms with Crippen LogP contribution < -0.4 is 5.73 Å². The van der Waals surface area contributed by atoms with E-state index in [4.69, 9.17) is 28.9 Å². The minimum Gasteiger partial charge on any atom is -0.368 e. The van der Waals surface area contributed by atoms with Crippen molar-refractivity contribution in [3.63, 3.8) is 0 Å². The lowest BCUT2D eigenvalue weighted by Crippen LogP contribution is -2.07. The van der Waals surface area contributed by atoms with Crippen molar-refractivity contribution in [1.82, 2.24) is 14.8 Å². The SMILES string of the molecule is CC(C)n1c(N)nnc1SCc1cccc(Cl)c1Cl. The number of nitrogen functional groups attached to an aromatic ring is 1. The van der Waals surface area contributed by atoms with Gasteiger partial charge in [-0.25, -0.2) is 0 Å². The van der Waals surface area contributed by atoms with Crippen molar-refractivity contribution in [2.75, 3.05) is 5.73 Å². The molecule has 2 aromatic rings. The normalized spacial score (nSPS) is 11.2. The minimum absolute atomic E-state index is 0.215. The van der Waals surface area contributed by atoms with Crippen LogP contribution in [0.3, 0.4) is 0 Å². The third kappa shape index (κ3) is 3.16. The zero-order valence-corrected chi connectivity index (χ0v) is 12.9. The summed E-state index contributed by atoms with van der Waals surface area (Å²) in [5, 5.41) is 9.90. The van der Waals surface area contributed by atoms with E-state index in [2.05, 4.69) is 10.2 Å². The van der Waals surface area contributed by atoms with Gasteiger partial charge in [0.15, 0.2) is 5.16 Å². The van der Waals surface area contributed by atoms with Gasteiger partial charge in [0.1, 0.15) is 0 Å². The Balaban J connectivity index is 2.17. The summed E-state index contributed by atoms with van der Waals surface area (Å²) in [5.41, 5.74) is 6.76. The van der Waals surface area contributed by atoms with Gasteiger partial charge in [-0.15, -0.1) is 10.2 Å². The van der Waals surface area contributed by atoms with Crippen LogP contribution in [-0.2, 0) is 5.75 Å². The predicted octanol–water partition coefficient (Wildman–Crippen LogP) is 4.04. The monoisotopic (exact) mass is 316 g/mol. The van der Waals surface area contributed by atoms with E-state index in [0.29, 0.717) is 21.7 Å². The van der Waals surface area contributed by atoms with Crippen LogP contribution in [0.4, 0.5) is 5.95 Å². The van der Waals surface area contributed by atoms with Crippen LogP contribution in [0, 0.1) is 0 Å². The highest BCUT2D eigenvalue weighted by atomic mass is 35.5. The molecule has 102 valence electrons. The van der Waals surface area contributed by atoms with Gasteiger partial charge in [-0.2, -0.15) is 0 Å². The van der Waals surface area contributed by atoms with Gasteiger partial charge in [-0.3, -0.25) is 4.57 Å². The molecule has 7 heteroatoms. The Morgan fingerprint density at radius 1 is 1.32 bits per heavy atom. The van der Waals surface area contributed by atoms with E-state index in [1.54, 1.807) is 6.07 Å². The number of rotatable bonds is 4. The van der Waals surface area contributed by atoms with E-state index in [-0.39, 0.29) is 6.04 Å². The molecule has 1 heterocycles. The van der Waals surface area contributed by atoms with Crippen molar-refractivity contribution in [3.05, 3.63) is 33.8 Å². The van der Waals surface area contributed by atoms with Crippen LogP contribution in [0.5, 0.6) is 0 Å². The number of thioether (sulfide) groups is 1. The molecule has 0 fully saturated rings. The molecule has 0 amide bonds. The Kier molecular flexibility index (Phi) is 4.60. The molecule has 0 aliphatic carbocycles. The van der Waals surface area contributed by atoms with Crippen LogP contribution in [0.25, 0.3) is 0 Å². The van der Waals surface area contributed by atoms with Crippen molar-refractivity contribution in [2.24, 2.45) is 0 Å². The summed E-state index contributed by atoms with van der Waals surface area (Å²) in [6.45, 7) is 4.08. The van der Waals surface area contributed by atoms with Crippen LogP contribution in [0.1, 0.15) is 25.5 Å². The first-order chi connectivity index (χ1) is 9.00. The average Bonchev–Trinajstić information content (AvgIpc) is 2.72. The van der Waals surface area contributed by atoms with Crippen molar-refractivity contribution in [2.45, 2.75) is 30.8 Å². The van der Waals surface area contributed by atoms with E-state index in [1.165, 1.54) is 11.8 Å². The second-order valence-electron chi connectivity index (χ2n) is 4.31. The highest BCUT2D eigenvalue weighted by molar-refractivity contribution is 7.98. The van der Waals surface area contributed by atoms with Gasteiger partial charge in [0.05, 0.1) is 10.0 Å². The van der Waals surface area contributed by atoms with Gasteiger partial charge in [-0.1, -0.05) is 47.1 Å². The molecule has 2 rings (SSSR count). The fraction of sp³-hybridized carbons (Fsp3) is 0.333. The number of nitrogens with two attached hydrogens (primary N) is 1. The summed E-state index contributed by atoms with van der Waals surface area (Å²) in [4.78, 5) is 0. The third-order valence-electron chi connectivity index (χ3n) is 2.60. The van der Waals surface area contributed by atoms with Crippen LogP contribution in [0.15, 0.2) is 23.4 Å². The molecule has 0 saturated carbocycles. The van der Waals surface area contributed by atoms with Gasteiger partial charge in [0, 0.05) is 11.8 Å². The van der Waals surface area contributed by atoms with Crippen molar-refractivity contribution in [3.8, 4) is 0 Å². The molecule has 1 aromatic heterocycles. The maximum atomic E-state index is 6.15. The summed E-state index contributed by atoms with van der Waals surface area (Å²) in [6, 6.07) is 5.81. The van der Waals surface area contributed by atoms with Gasteiger partial charge >= 0.3 is 0 Å². The zero-order valence-electron chi connectivity index (χ0n) is 10.6. The summed E-state index contributed by atoms with van der Waals surface area (Å²) in [5.74, 6) is 1.10. The number of nitrogens with zero attached hydrogens (tertiary/aromatic N) is 3. The summed E-state index contributed by atoms with van der Waals surface area (Å²) < 4.78 is 1.89.